The average Bonchev–Trinajstić information content (AvgIpc) is 2.29. The molecule has 0 amide bonds. The van der Waals surface area contributed by atoms with Crippen LogP contribution >= 0.6 is 0 Å². The number of nitrogens with zero attached hydrogens (tertiary/aromatic N) is 2. The first kappa shape index (κ1) is 11.9. The Morgan fingerprint density at radius 3 is 2.78 bits per heavy atom. The van der Waals surface area contributed by atoms with Gasteiger partial charge in [-0.15, -0.1) is 0 Å². The normalized spacial score (nSPS) is 10.6. The molecule has 0 aliphatic carbocycles. The fraction of sp³-hybridized carbons (Fsp3) is 0.0909. The number of benzene rings is 1. The van der Waals surface area contributed by atoms with E-state index in [-0.39, 0.29) is 22.0 Å². The summed E-state index contributed by atoms with van der Waals surface area (Å²) >= 11 is 0. The molecule has 2 aromatic rings. The van der Waals surface area contributed by atoms with Gasteiger partial charge in [-0.1, -0.05) is 0 Å². The minimum atomic E-state index is -1.29. The number of aromatic carboxylic acids is 1. The van der Waals surface area contributed by atoms with Crippen molar-refractivity contribution < 1.29 is 19.2 Å². The molecule has 0 aliphatic rings. The summed E-state index contributed by atoms with van der Waals surface area (Å²) in [4.78, 5) is 24.9. The van der Waals surface area contributed by atoms with Crippen molar-refractivity contribution in [3.63, 3.8) is 0 Å². The lowest BCUT2D eigenvalue weighted by Gasteiger charge is -2.05. The minimum absolute atomic E-state index is 0.0835. The van der Waals surface area contributed by atoms with E-state index in [1.165, 1.54) is 13.0 Å². The number of hydrogen-bond acceptors (Lipinski definition) is 4. The Kier molecular flexibility index (Phi) is 2.66. The number of halogens is 1. The molecule has 0 unspecified atom stereocenters. The second kappa shape index (κ2) is 4.02. The number of carboxylic acid groups (broad SMARTS) is 1. The third-order valence-corrected chi connectivity index (χ3v) is 2.61. The molecule has 0 fully saturated rings. The summed E-state index contributed by atoms with van der Waals surface area (Å²) < 4.78 is 13.6. The number of carboxylic acids is 1. The van der Waals surface area contributed by atoms with E-state index in [1.54, 1.807) is 0 Å². The molecule has 6 nitrogen and oxygen atoms in total. The lowest BCUT2D eigenvalue weighted by atomic mass is 10.0. The molecule has 0 atom stereocenters. The lowest BCUT2D eigenvalue weighted by molar-refractivity contribution is -0.383. The Morgan fingerprint density at radius 1 is 1.56 bits per heavy atom. The molecular weight excluding hydrogens is 243 g/mol. The van der Waals surface area contributed by atoms with Gasteiger partial charge in [-0.2, -0.15) is 0 Å². The fourth-order valence-corrected chi connectivity index (χ4v) is 1.74. The van der Waals surface area contributed by atoms with E-state index in [0.29, 0.717) is 0 Å². The molecule has 0 spiro atoms. The van der Waals surface area contributed by atoms with Crippen molar-refractivity contribution >= 4 is 22.6 Å². The van der Waals surface area contributed by atoms with Crippen LogP contribution in [0.5, 0.6) is 0 Å². The van der Waals surface area contributed by atoms with Gasteiger partial charge >= 0.3 is 11.7 Å². The monoisotopic (exact) mass is 250 g/mol. The summed E-state index contributed by atoms with van der Waals surface area (Å²) in [6.45, 7) is 1.25. The van der Waals surface area contributed by atoms with E-state index in [9.17, 15) is 19.3 Å². The van der Waals surface area contributed by atoms with Gasteiger partial charge < -0.3 is 5.11 Å². The molecule has 2 rings (SSSR count). The molecule has 0 saturated heterocycles. The summed E-state index contributed by atoms with van der Waals surface area (Å²) in [5.41, 5.74) is -1.02. The van der Waals surface area contributed by atoms with Crippen LogP contribution in [0.2, 0.25) is 0 Å². The number of pyridine rings is 1. The third kappa shape index (κ3) is 1.65. The van der Waals surface area contributed by atoms with Crippen LogP contribution in [0, 0.1) is 22.9 Å². The predicted molar refractivity (Wildman–Crippen MR) is 60.1 cm³/mol. The maximum atomic E-state index is 13.6. The molecule has 1 N–H and O–H groups in total. The Balaban J connectivity index is 3.00. The topological polar surface area (TPSA) is 93.3 Å². The highest BCUT2D eigenvalue weighted by molar-refractivity contribution is 6.05. The number of hydrogen-bond donors (Lipinski definition) is 1. The summed E-state index contributed by atoms with van der Waals surface area (Å²) in [7, 11) is 0. The van der Waals surface area contributed by atoms with Crippen LogP contribution in [-0.4, -0.2) is 21.0 Å². The first-order valence-corrected chi connectivity index (χ1v) is 4.89. The van der Waals surface area contributed by atoms with Crippen LogP contribution in [0.1, 0.15) is 15.9 Å². The van der Waals surface area contributed by atoms with Gasteiger partial charge in [0.15, 0.2) is 0 Å². The van der Waals surface area contributed by atoms with Crippen LogP contribution in [0.4, 0.5) is 10.1 Å². The standard InChI is InChI=1S/C11H7FN2O4/c1-5-8(12)4-7-6(11(15)16)2-3-13-9(7)10(5)14(17)18/h2-4H,1H3,(H,15,16). The molecule has 92 valence electrons. The smallest absolute Gasteiger partial charge is 0.336 e. The van der Waals surface area contributed by atoms with Crippen molar-refractivity contribution in [1.29, 1.82) is 0 Å². The molecule has 1 heterocycles. The van der Waals surface area contributed by atoms with Gasteiger partial charge in [0.2, 0.25) is 0 Å². The molecule has 0 aliphatic heterocycles. The van der Waals surface area contributed by atoms with Crippen molar-refractivity contribution in [1.82, 2.24) is 4.98 Å². The van der Waals surface area contributed by atoms with Gasteiger partial charge in [0.05, 0.1) is 16.1 Å². The van der Waals surface area contributed by atoms with Crippen LogP contribution < -0.4 is 0 Å². The second-order valence-electron chi connectivity index (χ2n) is 3.65. The lowest BCUT2D eigenvalue weighted by Crippen LogP contribution is -2.03. The van der Waals surface area contributed by atoms with Crippen LogP contribution in [-0.2, 0) is 0 Å². The molecule has 1 aromatic carbocycles. The Bertz CT molecular complexity index is 684. The Labute approximate surface area is 99.8 Å². The van der Waals surface area contributed by atoms with E-state index < -0.39 is 22.4 Å². The molecular formula is C11H7FN2O4. The van der Waals surface area contributed by atoms with Crippen LogP contribution in [0.25, 0.3) is 10.9 Å². The van der Waals surface area contributed by atoms with Crippen molar-refractivity contribution in [3.8, 4) is 0 Å². The van der Waals surface area contributed by atoms with Crippen LogP contribution in [0.3, 0.4) is 0 Å². The number of aromatic nitrogens is 1. The fourth-order valence-electron chi connectivity index (χ4n) is 1.74. The third-order valence-electron chi connectivity index (χ3n) is 2.61. The average molecular weight is 250 g/mol. The number of nitro groups is 1. The second-order valence-corrected chi connectivity index (χ2v) is 3.65. The predicted octanol–water partition coefficient (Wildman–Crippen LogP) is 2.29. The molecule has 0 radical (unpaired) electrons. The molecule has 0 saturated carbocycles. The van der Waals surface area contributed by atoms with Gasteiger partial charge in [0.25, 0.3) is 0 Å². The number of carbonyl (C=O) groups is 1. The maximum absolute atomic E-state index is 13.6. The van der Waals surface area contributed by atoms with Crippen molar-refractivity contribution in [3.05, 3.63) is 45.4 Å². The van der Waals surface area contributed by atoms with Crippen molar-refractivity contribution in [2.45, 2.75) is 6.92 Å². The van der Waals surface area contributed by atoms with Crippen molar-refractivity contribution in [2.24, 2.45) is 0 Å². The first-order valence-electron chi connectivity index (χ1n) is 4.89. The largest absolute Gasteiger partial charge is 0.478 e. The first-order chi connectivity index (χ1) is 8.43. The molecule has 18 heavy (non-hydrogen) atoms. The highest BCUT2D eigenvalue weighted by Gasteiger charge is 2.23. The highest BCUT2D eigenvalue weighted by Crippen LogP contribution is 2.31. The van der Waals surface area contributed by atoms with Gasteiger partial charge in [-0.3, -0.25) is 10.1 Å². The summed E-state index contributed by atoms with van der Waals surface area (Å²) in [6, 6.07) is 2.12. The van der Waals surface area contributed by atoms with Gasteiger partial charge in [0, 0.05) is 11.6 Å². The quantitative estimate of drug-likeness (QED) is 0.651. The van der Waals surface area contributed by atoms with E-state index in [4.69, 9.17) is 5.11 Å². The maximum Gasteiger partial charge on any atom is 0.336 e. The molecule has 7 heteroatoms. The van der Waals surface area contributed by atoms with Crippen LogP contribution in [0.15, 0.2) is 18.3 Å². The SMILES string of the molecule is Cc1c(F)cc2c(C(=O)O)ccnc2c1[N+](=O)[O-]. The van der Waals surface area contributed by atoms with E-state index in [0.717, 1.165) is 12.3 Å². The van der Waals surface area contributed by atoms with E-state index >= 15 is 0 Å². The zero-order valence-electron chi connectivity index (χ0n) is 9.18. The summed E-state index contributed by atoms with van der Waals surface area (Å²) in [5.74, 6) is -2.12. The van der Waals surface area contributed by atoms with E-state index in [2.05, 4.69) is 4.98 Å². The van der Waals surface area contributed by atoms with Gasteiger partial charge in [-0.05, 0) is 19.1 Å². The van der Waals surface area contributed by atoms with Gasteiger partial charge in [0.1, 0.15) is 11.3 Å². The number of rotatable bonds is 2. The van der Waals surface area contributed by atoms with Crippen molar-refractivity contribution in [2.75, 3.05) is 0 Å². The van der Waals surface area contributed by atoms with E-state index in [1.807, 2.05) is 0 Å². The number of fused-ring (bicyclic) bond motifs is 1. The Morgan fingerprint density at radius 2 is 2.22 bits per heavy atom. The Hall–Kier alpha value is -2.57. The minimum Gasteiger partial charge on any atom is -0.478 e. The zero-order chi connectivity index (χ0) is 13.4. The zero-order valence-corrected chi connectivity index (χ0v) is 9.18. The molecule has 1 aromatic heterocycles. The summed E-state index contributed by atoms with van der Waals surface area (Å²) in [6.07, 6.45) is 1.15. The summed E-state index contributed by atoms with van der Waals surface area (Å²) in [5, 5.41) is 19.8. The molecule has 0 bridgehead atoms. The van der Waals surface area contributed by atoms with Gasteiger partial charge in [-0.25, -0.2) is 14.2 Å². The number of nitro benzene ring substituents is 1. The highest BCUT2D eigenvalue weighted by atomic mass is 19.1.